The van der Waals surface area contributed by atoms with Crippen LogP contribution in [0.2, 0.25) is 0 Å². The van der Waals surface area contributed by atoms with Crippen molar-refractivity contribution in [2.75, 3.05) is 0 Å². The summed E-state index contributed by atoms with van der Waals surface area (Å²) in [5.74, 6) is -0.593. The maximum atomic E-state index is 11.7. The van der Waals surface area contributed by atoms with Crippen LogP contribution in [0.15, 0.2) is 34.9 Å². The molecular formula is C20H30O3. The largest absolute Gasteiger partial charge is 0.392 e. The van der Waals surface area contributed by atoms with Gasteiger partial charge < -0.3 is 9.90 Å². The molecule has 0 amide bonds. The molecule has 128 valence electrons. The lowest BCUT2D eigenvalue weighted by Gasteiger charge is -2.33. The molecular weight excluding hydrogens is 288 g/mol. The molecule has 0 aliphatic heterocycles. The Morgan fingerprint density at radius 3 is 2.61 bits per heavy atom. The number of allylic oxidation sites excluding steroid dienone is 5. The van der Waals surface area contributed by atoms with E-state index in [1.807, 2.05) is 19.1 Å². The molecule has 3 heteroatoms. The minimum absolute atomic E-state index is 0.157. The first-order valence-electron chi connectivity index (χ1n) is 8.48. The molecule has 3 nitrogen and oxygen atoms in total. The van der Waals surface area contributed by atoms with E-state index in [0.29, 0.717) is 18.4 Å². The lowest BCUT2D eigenvalue weighted by Crippen LogP contribution is -2.35. The topological polar surface area (TPSA) is 54.4 Å². The second-order valence-corrected chi connectivity index (χ2v) is 6.95. The molecule has 0 aromatic carbocycles. The van der Waals surface area contributed by atoms with Gasteiger partial charge in [-0.3, -0.25) is 4.79 Å². The van der Waals surface area contributed by atoms with E-state index in [2.05, 4.69) is 26.8 Å². The highest BCUT2D eigenvalue weighted by atomic mass is 16.3. The summed E-state index contributed by atoms with van der Waals surface area (Å²) < 4.78 is 0. The molecule has 0 heterocycles. The molecule has 1 aliphatic carbocycles. The molecule has 0 saturated carbocycles. The molecule has 23 heavy (non-hydrogen) atoms. The van der Waals surface area contributed by atoms with Crippen molar-refractivity contribution in [2.45, 2.75) is 59.5 Å². The summed E-state index contributed by atoms with van der Waals surface area (Å²) in [7, 11) is 0. The van der Waals surface area contributed by atoms with Gasteiger partial charge in [0.1, 0.15) is 12.6 Å². The Hall–Kier alpha value is -1.48. The van der Waals surface area contributed by atoms with Crippen molar-refractivity contribution >= 4 is 12.6 Å². The zero-order valence-corrected chi connectivity index (χ0v) is 14.8. The van der Waals surface area contributed by atoms with Crippen LogP contribution in [0.3, 0.4) is 0 Å². The Labute approximate surface area is 140 Å². The molecule has 0 radical (unpaired) electrons. The average Bonchev–Trinajstić information content (AvgIpc) is 2.53. The molecule has 1 rings (SSSR count). The maximum Gasteiger partial charge on any atom is 0.146 e. The fourth-order valence-electron chi connectivity index (χ4n) is 3.40. The summed E-state index contributed by atoms with van der Waals surface area (Å²) in [6.07, 6.45) is 10.0. The molecule has 0 aromatic heterocycles. The average molecular weight is 318 g/mol. The van der Waals surface area contributed by atoms with Gasteiger partial charge in [0.05, 0.1) is 6.10 Å². The number of aliphatic hydroxyl groups excluding tert-OH is 1. The molecule has 0 fully saturated rings. The quantitative estimate of drug-likeness (QED) is 0.594. The summed E-state index contributed by atoms with van der Waals surface area (Å²) in [4.78, 5) is 23.1. The van der Waals surface area contributed by atoms with Crippen molar-refractivity contribution in [1.29, 1.82) is 0 Å². The van der Waals surface area contributed by atoms with Gasteiger partial charge in [-0.15, -0.1) is 0 Å². The van der Waals surface area contributed by atoms with Gasteiger partial charge in [-0.2, -0.15) is 0 Å². The number of hydrogen-bond donors (Lipinski definition) is 1. The van der Waals surface area contributed by atoms with Gasteiger partial charge in [0.15, 0.2) is 0 Å². The third-order valence-corrected chi connectivity index (χ3v) is 4.71. The van der Waals surface area contributed by atoms with Crippen LogP contribution in [0.5, 0.6) is 0 Å². The molecule has 0 saturated heterocycles. The maximum absolute atomic E-state index is 11.7. The van der Waals surface area contributed by atoms with Crippen LogP contribution in [0, 0.1) is 17.8 Å². The Balaban J connectivity index is 3.07. The lowest BCUT2D eigenvalue weighted by molar-refractivity contribution is -0.116. The van der Waals surface area contributed by atoms with E-state index < -0.39 is 12.0 Å². The molecule has 1 unspecified atom stereocenters. The SMILES string of the molecule is CC(C)=CCC[C@@H](C)[C@@H]1C(O)C/C(C)=C/C/C=C(/C=O)[C@H]1C=O. The second kappa shape index (κ2) is 9.61. The summed E-state index contributed by atoms with van der Waals surface area (Å²) in [6, 6.07) is 0. The minimum Gasteiger partial charge on any atom is -0.392 e. The van der Waals surface area contributed by atoms with Gasteiger partial charge in [0, 0.05) is 11.8 Å². The third-order valence-electron chi connectivity index (χ3n) is 4.71. The van der Waals surface area contributed by atoms with E-state index in [4.69, 9.17) is 0 Å². The number of aliphatic hydroxyl groups is 1. The summed E-state index contributed by atoms with van der Waals surface area (Å²) in [5, 5.41) is 10.7. The number of rotatable bonds is 6. The highest BCUT2D eigenvalue weighted by Gasteiger charge is 2.35. The van der Waals surface area contributed by atoms with E-state index >= 15 is 0 Å². The van der Waals surface area contributed by atoms with Crippen molar-refractivity contribution in [3.8, 4) is 0 Å². The second-order valence-electron chi connectivity index (χ2n) is 6.95. The first-order valence-corrected chi connectivity index (χ1v) is 8.48. The van der Waals surface area contributed by atoms with Crippen LogP contribution in [-0.2, 0) is 9.59 Å². The van der Waals surface area contributed by atoms with E-state index in [-0.39, 0.29) is 11.8 Å². The number of carbonyl (C=O) groups excluding carboxylic acids is 2. The molecule has 0 spiro atoms. The van der Waals surface area contributed by atoms with Gasteiger partial charge in [0.2, 0.25) is 0 Å². The number of aldehydes is 2. The predicted molar refractivity (Wildman–Crippen MR) is 94.0 cm³/mol. The van der Waals surface area contributed by atoms with Gasteiger partial charge in [0.25, 0.3) is 0 Å². The third kappa shape index (κ3) is 5.91. The summed E-state index contributed by atoms with van der Waals surface area (Å²) in [6.45, 7) is 8.19. The van der Waals surface area contributed by atoms with E-state index in [9.17, 15) is 14.7 Å². The van der Waals surface area contributed by atoms with E-state index in [0.717, 1.165) is 31.0 Å². The highest BCUT2D eigenvalue weighted by molar-refractivity contribution is 5.81. The fraction of sp³-hybridized carbons (Fsp3) is 0.600. The van der Waals surface area contributed by atoms with Gasteiger partial charge in [-0.25, -0.2) is 0 Å². The van der Waals surface area contributed by atoms with Crippen molar-refractivity contribution < 1.29 is 14.7 Å². The summed E-state index contributed by atoms with van der Waals surface area (Å²) in [5.41, 5.74) is 2.88. The van der Waals surface area contributed by atoms with Crippen LogP contribution in [0.1, 0.15) is 53.4 Å². The first kappa shape index (κ1) is 19.6. The fourth-order valence-corrected chi connectivity index (χ4v) is 3.40. The van der Waals surface area contributed by atoms with Crippen molar-refractivity contribution in [3.63, 3.8) is 0 Å². The molecule has 1 aliphatic rings. The van der Waals surface area contributed by atoms with Crippen LogP contribution in [0.4, 0.5) is 0 Å². The standard InChI is InChI=1S/C20H30O3/c1-14(2)7-5-9-16(4)20-18(13-22)17(12-21)10-6-8-15(3)11-19(20)23/h7-8,10,12-13,16,18-20,23H,5-6,9,11H2,1-4H3/b15-8+,17-10-/t16-,18-,19?,20+/m1/s1. The van der Waals surface area contributed by atoms with Crippen LogP contribution >= 0.6 is 0 Å². The Kier molecular flexibility index (Phi) is 8.18. The number of hydrogen-bond acceptors (Lipinski definition) is 3. The Morgan fingerprint density at radius 1 is 1.35 bits per heavy atom. The molecule has 0 bridgehead atoms. The monoisotopic (exact) mass is 318 g/mol. The molecule has 0 aromatic rings. The van der Waals surface area contributed by atoms with Crippen molar-refractivity contribution in [1.82, 2.24) is 0 Å². The van der Waals surface area contributed by atoms with Gasteiger partial charge in [-0.05, 0) is 57.9 Å². The predicted octanol–water partition coefficient (Wildman–Crippen LogP) is 4.03. The normalized spacial score (nSPS) is 31.3. The first-order chi connectivity index (χ1) is 10.9. The lowest BCUT2D eigenvalue weighted by atomic mass is 9.73. The zero-order valence-electron chi connectivity index (χ0n) is 14.8. The Bertz CT molecular complexity index is 495. The molecule has 4 atom stereocenters. The summed E-state index contributed by atoms with van der Waals surface area (Å²) >= 11 is 0. The zero-order chi connectivity index (χ0) is 17.4. The Morgan fingerprint density at radius 2 is 2.04 bits per heavy atom. The number of carbonyl (C=O) groups is 2. The van der Waals surface area contributed by atoms with Crippen LogP contribution < -0.4 is 0 Å². The minimum atomic E-state index is -0.607. The molecule has 1 N–H and O–H groups in total. The van der Waals surface area contributed by atoms with Crippen LogP contribution in [0.25, 0.3) is 0 Å². The smallest absolute Gasteiger partial charge is 0.146 e. The van der Waals surface area contributed by atoms with Crippen molar-refractivity contribution in [3.05, 3.63) is 34.9 Å². The van der Waals surface area contributed by atoms with Crippen LogP contribution in [-0.4, -0.2) is 23.8 Å². The van der Waals surface area contributed by atoms with Crippen molar-refractivity contribution in [2.24, 2.45) is 17.8 Å². The highest BCUT2D eigenvalue weighted by Crippen LogP contribution is 2.34. The van der Waals surface area contributed by atoms with Gasteiger partial charge in [-0.1, -0.05) is 36.3 Å². The van der Waals surface area contributed by atoms with Gasteiger partial charge >= 0.3 is 0 Å². The van der Waals surface area contributed by atoms with E-state index in [1.54, 1.807) is 0 Å². The van der Waals surface area contributed by atoms with E-state index in [1.165, 1.54) is 5.57 Å².